The molecule has 2 aromatic carbocycles. The van der Waals surface area contributed by atoms with E-state index in [9.17, 15) is 4.79 Å². The lowest BCUT2D eigenvalue weighted by Crippen LogP contribution is -2.26. The van der Waals surface area contributed by atoms with E-state index in [1.54, 1.807) is 13.2 Å². The monoisotopic (exact) mass is 400 g/mol. The van der Waals surface area contributed by atoms with Crippen LogP contribution in [0.5, 0.6) is 17.2 Å². The van der Waals surface area contributed by atoms with Crippen molar-refractivity contribution in [3.8, 4) is 17.2 Å². The summed E-state index contributed by atoms with van der Waals surface area (Å²) in [5, 5.41) is 3.12. The third kappa shape index (κ3) is 5.89. The van der Waals surface area contributed by atoms with Crippen LogP contribution in [0.15, 0.2) is 36.4 Å². The molecule has 0 aliphatic rings. The maximum atomic E-state index is 12.3. The first-order valence-corrected chi connectivity index (χ1v) is 8.11. The van der Waals surface area contributed by atoms with Gasteiger partial charge in [0.25, 0.3) is 5.91 Å². The van der Waals surface area contributed by atoms with Crippen LogP contribution in [-0.2, 0) is 0 Å². The molecule has 0 heterocycles. The molecule has 0 aliphatic heterocycles. The molecular formula is C18H22Cl2N2O4. The summed E-state index contributed by atoms with van der Waals surface area (Å²) in [6.45, 7) is 0.918. The van der Waals surface area contributed by atoms with Crippen molar-refractivity contribution in [3.63, 3.8) is 0 Å². The number of carbonyl (C=O) groups excluding carboxylic acids is 1. The Bertz CT molecular complexity index is 741. The maximum Gasteiger partial charge on any atom is 0.255 e. The van der Waals surface area contributed by atoms with Gasteiger partial charge in [-0.3, -0.25) is 4.79 Å². The van der Waals surface area contributed by atoms with Gasteiger partial charge in [-0.05, 0) is 24.6 Å². The van der Waals surface area contributed by atoms with Gasteiger partial charge in [-0.2, -0.15) is 0 Å². The Hall–Kier alpha value is -2.31. The number of ether oxygens (including phenoxy) is 3. The second-order valence-corrected chi connectivity index (χ2v) is 5.62. The average molecular weight is 401 g/mol. The fourth-order valence-electron chi connectivity index (χ4n) is 2.17. The van der Waals surface area contributed by atoms with Crippen molar-refractivity contribution < 1.29 is 19.0 Å². The lowest BCUT2D eigenvalue weighted by molar-refractivity contribution is 0.0948. The summed E-state index contributed by atoms with van der Waals surface area (Å²) >= 11 is 5.97. The number of nitrogen functional groups attached to an aromatic ring is 1. The van der Waals surface area contributed by atoms with E-state index in [1.165, 1.54) is 19.2 Å². The Morgan fingerprint density at radius 2 is 1.88 bits per heavy atom. The van der Waals surface area contributed by atoms with Crippen LogP contribution in [0.25, 0.3) is 0 Å². The number of halogens is 2. The van der Waals surface area contributed by atoms with Gasteiger partial charge in [0.1, 0.15) is 17.2 Å². The molecule has 0 aromatic heterocycles. The molecule has 0 bridgehead atoms. The number of carbonyl (C=O) groups is 1. The van der Waals surface area contributed by atoms with Gasteiger partial charge in [-0.1, -0.05) is 17.7 Å². The summed E-state index contributed by atoms with van der Waals surface area (Å²) in [4.78, 5) is 12.3. The topological polar surface area (TPSA) is 82.8 Å². The summed E-state index contributed by atoms with van der Waals surface area (Å²) in [6.07, 6.45) is 0.647. The van der Waals surface area contributed by atoms with Crippen LogP contribution in [0.3, 0.4) is 0 Å². The van der Waals surface area contributed by atoms with Gasteiger partial charge in [0.15, 0.2) is 0 Å². The Labute approximate surface area is 164 Å². The van der Waals surface area contributed by atoms with Gasteiger partial charge in [0.2, 0.25) is 0 Å². The highest BCUT2D eigenvalue weighted by atomic mass is 35.5. The van der Waals surface area contributed by atoms with Crippen LogP contribution >= 0.6 is 24.0 Å². The normalized spacial score (nSPS) is 9.81. The summed E-state index contributed by atoms with van der Waals surface area (Å²) in [5.41, 5.74) is 6.42. The summed E-state index contributed by atoms with van der Waals surface area (Å²) in [7, 11) is 3.08. The van der Waals surface area contributed by atoms with Crippen LogP contribution in [-0.4, -0.2) is 33.3 Å². The highest BCUT2D eigenvalue weighted by molar-refractivity contribution is 6.33. The van der Waals surface area contributed by atoms with Gasteiger partial charge < -0.3 is 25.3 Å². The predicted octanol–water partition coefficient (Wildman–Crippen LogP) is 3.56. The van der Waals surface area contributed by atoms with E-state index in [2.05, 4.69) is 5.32 Å². The Morgan fingerprint density at radius 3 is 2.58 bits per heavy atom. The minimum Gasteiger partial charge on any atom is -0.497 e. The van der Waals surface area contributed by atoms with Crippen molar-refractivity contribution in [2.75, 3.05) is 33.1 Å². The molecule has 0 radical (unpaired) electrons. The van der Waals surface area contributed by atoms with E-state index >= 15 is 0 Å². The van der Waals surface area contributed by atoms with Crippen LogP contribution in [0.2, 0.25) is 5.02 Å². The van der Waals surface area contributed by atoms with Crippen molar-refractivity contribution in [3.05, 3.63) is 47.0 Å². The molecule has 0 saturated carbocycles. The van der Waals surface area contributed by atoms with Crippen LogP contribution in [0, 0.1) is 0 Å². The number of nitrogens with one attached hydrogen (secondary N) is 1. The molecule has 8 heteroatoms. The van der Waals surface area contributed by atoms with Crippen molar-refractivity contribution >= 4 is 35.6 Å². The molecule has 1 amide bonds. The van der Waals surface area contributed by atoms with Crippen LogP contribution in [0.4, 0.5) is 5.69 Å². The van der Waals surface area contributed by atoms with Gasteiger partial charge in [-0.25, -0.2) is 0 Å². The first kappa shape index (κ1) is 21.7. The molecule has 142 valence electrons. The summed E-state index contributed by atoms with van der Waals surface area (Å²) in [5.74, 6) is 1.56. The number of rotatable bonds is 8. The second-order valence-electron chi connectivity index (χ2n) is 5.21. The maximum absolute atomic E-state index is 12.3. The Morgan fingerprint density at radius 1 is 1.15 bits per heavy atom. The number of benzene rings is 2. The van der Waals surface area contributed by atoms with E-state index in [0.29, 0.717) is 41.6 Å². The minimum atomic E-state index is -0.278. The van der Waals surface area contributed by atoms with E-state index in [1.807, 2.05) is 18.2 Å². The number of nitrogens with two attached hydrogens (primary N) is 1. The SMILES string of the molecule is COc1cccc(OCCCNC(=O)c2cc(Cl)c(N)cc2OC)c1.Cl. The molecule has 2 aromatic rings. The zero-order valence-corrected chi connectivity index (χ0v) is 16.2. The quantitative estimate of drug-likeness (QED) is 0.522. The van der Waals surface area contributed by atoms with Gasteiger partial charge >= 0.3 is 0 Å². The molecule has 0 atom stereocenters. The van der Waals surface area contributed by atoms with Crippen molar-refractivity contribution in [2.45, 2.75) is 6.42 Å². The summed E-state index contributed by atoms with van der Waals surface area (Å²) < 4.78 is 15.9. The smallest absolute Gasteiger partial charge is 0.255 e. The molecule has 0 aliphatic carbocycles. The van der Waals surface area contributed by atoms with E-state index in [0.717, 1.165) is 11.5 Å². The molecular weight excluding hydrogens is 379 g/mol. The Balaban J connectivity index is 0.00000338. The van der Waals surface area contributed by atoms with Gasteiger partial charge in [-0.15, -0.1) is 12.4 Å². The van der Waals surface area contributed by atoms with Crippen molar-refractivity contribution in [2.24, 2.45) is 0 Å². The van der Waals surface area contributed by atoms with Crippen LogP contribution in [0.1, 0.15) is 16.8 Å². The largest absolute Gasteiger partial charge is 0.497 e. The fourth-order valence-corrected chi connectivity index (χ4v) is 2.33. The molecule has 26 heavy (non-hydrogen) atoms. The lowest BCUT2D eigenvalue weighted by atomic mass is 10.1. The zero-order chi connectivity index (χ0) is 18.2. The molecule has 0 unspecified atom stereocenters. The molecule has 0 spiro atoms. The minimum absolute atomic E-state index is 0. The number of hydrogen-bond donors (Lipinski definition) is 2. The first-order valence-electron chi connectivity index (χ1n) is 7.73. The number of hydrogen-bond acceptors (Lipinski definition) is 5. The lowest BCUT2D eigenvalue weighted by Gasteiger charge is -2.11. The molecule has 3 N–H and O–H groups in total. The highest BCUT2D eigenvalue weighted by Gasteiger charge is 2.14. The van der Waals surface area contributed by atoms with E-state index in [-0.39, 0.29) is 18.3 Å². The first-order chi connectivity index (χ1) is 12.0. The number of amides is 1. The molecule has 0 fully saturated rings. The highest BCUT2D eigenvalue weighted by Crippen LogP contribution is 2.28. The van der Waals surface area contributed by atoms with Gasteiger partial charge in [0.05, 0.1) is 37.1 Å². The third-order valence-corrected chi connectivity index (χ3v) is 3.81. The fraction of sp³-hybridized carbons (Fsp3) is 0.278. The van der Waals surface area contributed by atoms with Crippen molar-refractivity contribution in [1.82, 2.24) is 5.32 Å². The predicted molar refractivity (Wildman–Crippen MR) is 105 cm³/mol. The molecule has 2 rings (SSSR count). The van der Waals surface area contributed by atoms with Crippen LogP contribution < -0.4 is 25.3 Å². The zero-order valence-electron chi connectivity index (χ0n) is 14.6. The van der Waals surface area contributed by atoms with E-state index in [4.69, 9.17) is 31.5 Å². The van der Waals surface area contributed by atoms with Crippen molar-refractivity contribution in [1.29, 1.82) is 0 Å². The number of methoxy groups -OCH3 is 2. The van der Waals surface area contributed by atoms with Gasteiger partial charge in [0, 0.05) is 18.7 Å². The van der Waals surface area contributed by atoms with E-state index < -0.39 is 0 Å². The second kappa shape index (κ2) is 10.6. The molecule has 0 saturated heterocycles. The summed E-state index contributed by atoms with van der Waals surface area (Å²) in [6, 6.07) is 10.4. The standard InChI is InChI=1S/C18H21ClN2O4.ClH/c1-23-12-5-3-6-13(9-12)25-8-4-7-21-18(22)14-10-15(19)16(20)11-17(14)24-2;/h3,5-6,9-11H,4,7-8,20H2,1-2H3,(H,21,22);1H. The Kier molecular flexibility index (Phi) is 8.88. The third-order valence-electron chi connectivity index (χ3n) is 3.48. The average Bonchev–Trinajstić information content (AvgIpc) is 2.63. The number of anilines is 1. The molecule has 6 nitrogen and oxygen atoms in total.